The highest BCUT2D eigenvalue weighted by atomic mass is 79.9. The van der Waals surface area contributed by atoms with E-state index in [1.54, 1.807) is 11.3 Å². The van der Waals surface area contributed by atoms with E-state index < -0.39 is 0 Å². The highest BCUT2D eigenvalue weighted by molar-refractivity contribution is 9.10. The summed E-state index contributed by atoms with van der Waals surface area (Å²) in [5.74, 6) is 0. The average Bonchev–Trinajstić information content (AvgIpc) is 2.79. The van der Waals surface area contributed by atoms with Crippen LogP contribution in [0.4, 0.5) is 0 Å². The summed E-state index contributed by atoms with van der Waals surface area (Å²) in [5, 5.41) is 3.70. The molecule has 2 aromatic rings. The molecule has 1 N–H and O–H groups in total. The van der Waals surface area contributed by atoms with E-state index in [0.29, 0.717) is 0 Å². The van der Waals surface area contributed by atoms with Crippen LogP contribution in [0.1, 0.15) is 43.7 Å². The van der Waals surface area contributed by atoms with Gasteiger partial charge in [0.1, 0.15) is 4.34 Å². The minimum atomic E-state index is -0.00987. The summed E-state index contributed by atoms with van der Waals surface area (Å²) in [6, 6.07) is 13.1. The van der Waals surface area contributed by atoms with E-state index in [0.717, 1.165) is 21.8 Å². The Bertz CT molecular complexity index is 560. The third kappa shape index (κ3) is 3.89. The van der Waals surface area contributed by atoms with Crippen LogP contribution in [0.15, 0.2) is 40.9 Å². The topological polar surface area (TPSA) is 12.0 Å². The average molecular weight is 387 g/mol. The van der Waals surface area contributed by atoms with Crippen molar-refractivity contribution in [3.8, 4) is 0 Å². The second kappa shape index (κ2) is 7.28. The van der Waals surface area contributed by atoms with Crippen LogP contribution in [0.2, 0.25) is 4.34 Å². The van der Waals surface area contributed by atoms with Gasteiger partial charge in [-0.05, 0) is 40.5 Å². The second-order valence-corrected chi connectivity index (χ2v) is 8.29. The van der Waals surface area contributed by atoms with Gasteiger partial charge in [-0.1, -0.05) is 62.7 Å². The minimum absolute atomic E-state index is 0.00987. The van der Waals surface area contributed by atoms with Crippen molar-refractivity contribution < 1.29 is 0 Å². The molecule has 1 heterocycles. The molecule has 0 saturated carbocycles. The van der Waals surface area contributed by atoms with Crippen LogP contribution in [0.3, 0.4) is 0 Å². The molecule has 0 aliphatic heterocycles. The summed E-state index contributed by atoms with van der Waals surface area (Å²) in [4.78, 5) is 1.27. The summed E-state index contributed by atoms with van der Waals surface area (Å²) in [6.07, 6.45) is 1.11. The van der Waals surface area contributed by atoms with Crippen LogP contribution in [-0.2, 0) is 5.41 Å². The van der Waals surface area contributed by atoms with E-state index in [1.807, 2.05) is 0 Å². The largest absolute Gasteiger partial charge is 0.309 e. The number of rotatable bonds is 6. The molecule has 1 nitrogen and oxygen atoms in total. The van der Waals surface area contributed by atoms with Crippen molar-refractivity contribution in [3.05, 3.63) is 55.6 Å². The maximum absolute atomic E-state index is 6.25. The van der Waals surface area contributed by atoms with Crippen molar-refractivity contribution in [1.29, 1.82) is 0 Å². The molecule has 0 saturated heterocycles. The summed E-state index contributed by atoms with van der Waals surface area (Å²) in [6.45, 7) is 7.76. The van der Waals surface area contributed by atoms with Gasteiger partial charge in [0.15, 0.2) is 0 Å². The number of halogens is 2. The van der Waals surface area contributed by atoms with Crippen LogP contribution < -0.4 is 5.32 Å². The molecular formula is C17H21BrClNS. The van der Waals surface area contributed by atoms with Gasteiger partial charge in [0.2, 0.25) is 0 Å². The van der Waals surface area contributed by atoms with Crippen molar-refractivity contribution in [3.63, 3.8) is 0 Å². The van der Waals surface area contributed by atoms with Gasteiger partial charge in [-0.2, -0.15) is 0 Å². The number of benzene rings is 1. The standard InChI is InChI=1S/C17H21BrClNS/c1-4-10-20-15(14-11-13(18)16(19)21-14)17(2,3)12-8-6-5-7-9-12/h5-9,11,15,20H,4,10H2,1-3H3. The molecule has 0 bridgehead atoms. The smallest absolute Gasteiger partial charge is 0.107 e. The third-order valence-electron chi connectivity index (χ3n) is 3.79. The van der Waals surface area contributed by atoms with E-state index in [-0.39, 0.29) is 11.5 Å². The first kappa shape index (κ1) is 17.0. The lowest BCUT2D eigenvalue weighted by molar-refractivity contribution is 0.353. The predicted octanol–water partition coefficient (Wildman–Crippen LogP) is 6.18. The minimum Gasteiger partial charge on any atom is -0.309 e. The molecule has 0 radical (unpaired) electrons. The van der Waals surface area contributed by atoms with E-state index in [2.05, 4.69) is 78.4 Å². The van der Waals surface area contributed by atoms with Gasteiger partial charge < -0.3 is 5.32 Å². The Morgan fingerprint density at radius 2 is 1.95 bits per heavy atom. The van der Waals surface area contributed by atoms with Gasteiger partial charge in [-0.25, -0.2) is 0 Å². The van der Waals surface area contributed by atoms with Gasteiger partial charge >= 0.3 is 0 Å². The Morgan fingerprint density at radius 3 is 2.48 bits per heavy atom. The third-order valence-corrected chi connectivity index (χ3v) is 6.33. The summed E-state index contributed by atoms with van der Waals surface area (Å²) < 4.78 is 1.80. The monoisotopic (exact) mass is 385 g/mol. The SMILES string of the molecule is CCCNC(c1cc(Br)c(Cl)s1)C(C)(C)c1ccccc1. The van der Waals surface area contributed by atoms with Crippen LogP contribution in [0, 0.1) is 0 Å². The summed E-state index contributed by atoms with van der Waals surface area (Å²) in [7, 11) is 0. The van der Waals surface area contributed by atoms with Crippen molar-refractivity contribution >= 4 is 38.9 Å². The highest BCUT2D eigenvalue weighted by Crippen LogP contribution is 2.43. The zero-order valence-electron chi connectivity index (χ0n) is 12.6. The van der Waals surface area contributed by atoms with Crippen LogP contribution >= 0.6 is 38.9 Å². The van der Waals surface area contributed by atoms with Gasteiger partial charge in [0.25, 0.3) is 0 Å². The van der Waals surface area contributed by atoms with Gasteiger partial charge in [0, 0.05) is 14.8 Å². The van der Waals surface area contributed by atoms with Crippen molar-refractivity contribution in [2.45, 2.75) is 38.6 Å². The molecule has 21 heavy (non-hydrogen) atoms. The summed E-state index contributed by atoms with van der Waals surface area (Å²) >= 11 is 11.4. The van der Waals surface area contributed by atoms with Crippen molar-refractivity contribution in [2.75, 3.05) is 6.54 Å². The second-order valence-electron chi connectivity index (χ2n) is 5.75. The maximum Gasteiger partial charge on any atom is 0.107 e. The number of nitrogens with one attached hydrogen (secondary N) is 1. The molecule has 0 aliphatic rings. The lowest BCUT2D eigenvalue weighted by Gasteiger charge is -2.35. The van der Waals surface area contributed by atoms with Crippen molar-refractivity contribution in [1.82, 2.24) is 5.32 Å². The molecule has 0 spiro atoms. The molecule has 0 amide bonds. The zero-order chi connectivity index (χ0) is 15.5. The fraction of sp³-hybridized carbons (Fsp3) is 0.412. The predicted molar refractivity (Wildman–Crippen MR) is 97.5 cm³/mol. The first-order chi connectivity index (χ1) is 9.96. The molecule has 1 atom stereocenters. The van der Waals surface area contributed by atoms with E-state index in [4.69, 9.17) is 11.6 Å². The highest BCUT2D eigenvalue weighted by Gasteiger charge is 2.33. The molecule has 4 heteroatoms. The normalized spacial score (nSPS) is 13.4. The maximum atomic E-state index is 6.25. The van der Waals surface area contributed by atoms with E-state index >= 15 is 0 Å². The molecule has 0 fully saturated rings. The molecule has 1 aromatic heterocycles. The first-order valence-corrected chi connectivity index (χ1v) is 9.19. The number of hydrogen-bond donors (Lipinski definition) is 1. The zero-order valence-corrected chi connectivity index (χ0v) is 15.8. The summed E-state index contributed by atoms with van der Waals surface area (Å²) in [5.41, 5.74) is 1.32. The molecular weight excluding hydrogens is 366 g/mol. The Hall–Kier alpha value is -0.350. The van der Waals surface area contributed by atoms with Gasteiger partial charge in [0.05, 0.1) is 6.04 Å². The number of thiophene rings is 1. The van der Waals surface area contributed by atoms with Gasteiger partial charge in [-0.15, -0.1) is 11.3 Å². The fourth-order valence-corrected chi connectivity index (χ4v) is 4.54. The van der Waals surface area contributed by atoms with Crippen LogP contribution in [0.25, 0.3) is 0 Å². The van der Waals surface area contributed by atoms with Crippen LogP contribution in [0.5, 0.6) is 0 Å². The van der Waals surface area contributed by atoms with E-state index in [1.165, 1.54) is 10.4 Å². The molecule has 1 aromatic carbocycles. The fourth-order valence-electron chi connectivity index (χ4n) is 2.54. The number of hydrogen-bond acceptors (Lipinski definition) is 2. The quantitative estimate of drug-likeness (QED) is 0.624. The van der Waals surface area contributed by atoms with Crippen molar-refractivity contribution in [2.24, 2.45) is 0 Å². The van der Waals surface area contributed by atoms with Crippen LogP contribution in [-0.4, -0.2) is 6.54 Å². The Labute approximate surface area is 144 Å². The molecule has 0 aliphatic carbocycles. The molecule has 1 unspecified atom stereocenters. The molecule has 2 rings (SSSR count). The molecule has 114 valence electrons. The van der Waals surface area contributed by atoms with Gasteiger partial charge in [-0.3, -0.25) is 0 Å². The lowest BCUT2D eigenvalue weighted by atomic mass is 9.77. The lowest BCUT2D eigenvalue weighted by Crippen LogP contribution is -2.37. The first-order valence-electron chi connectivity index (χ1n) is 7.20. The Morgan fingerprint density at radius 1 is 1.29 bits per heavy atom. The van der Waals surface area contributed by atoms with E-state index in [9.17, 15) is 0 Å². The Balaban J connectivity index is 2.39. The Kier molecular flexibility index (Phi) is 5.89.